The highest BCUT2D eigenvalue weighted by molar-refractivity contribution is 5.83. The van der Waals surface area contributed by atoms with E-state index in [2.05, 4.69) is 0 Å². The second-order valence-corrected chi connectivity index (χ2v) is 4.11. The molecule has 0 spiro atoms. The van der Waals surface area contributed by atoms with Crippen molar-refractivity contribution in [2.24, 2.45) is 11.7 Å². The molecule has 0 heterocycles. The summed E-state index contributed by atoms with van der Waals surface area (Å²) < 4.78 is 0. The molecule has 0 saturated carbocycles. The Morgan fingerprint density at radius 3 is 2.33 bits per heavy atom. The van der Waals surface area contributed by atoms with Crippen LogP contribution in [0.3, 0.4) is 0 Å². The van der Waals surface area contributed by atoms with E-state index in [1.807, 2.05) is 30.3 Å². The summed E-state index contributed by atoms with van der Waals surface area (Å²) in [5.74, 6) is -0.864. The van der Waals surface area contributed by atoms with Crippen LogP contribution in [0.15, 0.2) is 30.3 Å². The molecular weight excluding hydrogens is 190 g/mol. The summed E-state index contributed by atoms with van der Waals surface area (Å²) in [6.45, 7) is 3.57. The number of aliphatic hydroxyl groups is 1. The van der Waals surface area contributed by atoms with Crippen molar-refractivity contribution in [1.82, 2.24) is 0 Å². The molecule has 0 fully saturated rings. The van der Waals surface area contributed by atoms with Crippen LogP contribution < -0.4 is 5.73 Å². The van der Waals surface area contributed by atoms with Gasteiger partial charge in [-0.05, 0) is 11.5 Å². The maximum Gasteiger partial charge on any atom is 0.250 e. The topological polar surface area (TPSA) is 63.3 Å². The van der Waals surface area contributed by atoms with Gasteiger partial charge >= 0.3 is 0 Å². The average molecular weight is 207 g/mol. The van der Waals surface area contributed by atoms with Crippen LogP contribution in [0, 0.1) is 5.92 Å². The highest BCUT2D eigenvalue weighted by Crippen LogP contribution is 2.21. The van der Waals surface area contributed by atoms with Crippen LogP contribution in [0.1, 0.15) is 19.4 Å². The molecular formula is C12H17NO2. The molecule has 3 N–H and O–H groups in total. The van der Waals surface area contributed by atoms with E-state index in [0.717, 1.165) is 5.56 Å². The minimum Gasteiger partial charge on any atom is -0.379 e. The molecule has 3 heteroatoms. The molecule has 1 rings (SSSR count). The predicted octanol–water partition coefficient (Wildman–Crippen LogP) is 1.10. The van der Waals surface area contributed by atoms with Gasteiger partial charge in [0.2, 0.25) is 5.91 Å². The lowest BCUT2D eigenvalue weighted by Crippen LogP contribution is -2.50. The van der Waals surface area contributed by atoms with Crippen LogP contribution in [0.4, 0.5) is 0 Å². The lowest BCUT2D eigenvalue weighted by atomic mass is 9.84. The fourth-order valence-electron chi connectivity index (χ4n) is 1.48. The number of rotatable bonds is 4. The van der Waals surface area contributed by atoms with Gasteiger partial charge in [-0.3, -0.25) is 4.79 Å². The molecule has 1 amide bonds. The Hall–Kier alpha value is -1.35. The average Bonchev–Trinajstić information content (AvgIpc) is 2.18. The van der Waals surface area contributed by atoms with Crippen LogP contribution in [0.5, 0.6) is 0 Å². The third kappa shape index (κ3) is 2.57. The van der Waals surface area contributed by atoms with Crippen molar-refractivity contribution in [1.29, 1.82) is 0 Å². The van der Waals surface area contributed by atoms with Gasteiger partial charge in [0.1, 0.15) is 5.60 Å². The Bertz CT molecular complexity index is 335. The quantitative estimate of drug-likeness (QED) is 0.776. The van der Waals surface area contributed by atoms with Crippen molar-refractivity contribution < 1.29 is 9.90 Å². The van der Waals surface area contributed by atoms with Crippen molar-refractivity contribution >= 4 is 5.91 Å². The van der Waals surface area contributed by atoms with E-state index in [4.69, 9.17) is 5.73 Å². The van der Waals surface area contributed by atoms with Gasteiger partial charge in [0, 0.05) is 6.42 Å². The predicted molar refractivity (Wildman–Crippen MR) is 59.1 cm³/mol. The Morgan fingerprint density at radius 1 is 1.40 bits per heavy atom. The first-order chi connectivity index (χ1) is 6.97. The summed E-state index contributed by atoms with van der Waals surface area (Å²) in [7, 11) is 0. The summed E-state index contributed by atoms with van der Waals surface area (Å²) >= 11 is 0. The number of hydrogen-bond donors (Lipinski definition) is 2. The maximum absolute atomic E-state index is 11.2. The van der Waals surface area contributed by atoms with Gasteiger partial charge in [0.05, 0.1) is 0 Å². The van der Waals surface area contributed by atoms with Crippen LogP contribution in [0.25, 0.3) is 0 Å². The maximum atomic E-state index is 11.2. The number of amides is 1. The Morgan fingerprint density at radius 2 is 1.93 bits per heavy atom. The lowest BCUT2D eigenvalue weighted by molar-refractivity contribution is -0.140. The second kappa shape index (κ2) is 4.45. The summed E-state index contributed by atoms with van der Waals surface area (Å²) in [6.07, 6.45) is 0.265. The SMILES string of the molecule is CC(C)[C@](O)(Cc1ccccc1)C(N)=O. The number of primary amides is 1. The third-order valence-corrected chi connectivity index (χ3v) is 2.70. The van der Waals surface area contributed by atoms with Crippen molar-refractivity contribution in [3.63, 3.8) is 0 Å². The van der Waals surface area contributed by atoms with Gasteiger partial charge < -0.3 is 10.8 Å². The second-order valence-electron chi connectivity index (χ2n) is 4.11. The van der Waals surface area contributed by atoms with E-state index in [1.165, 1.54) is 0 Å². The number of nitrogens with two attached hydrogens (primary N) is 1. The molecule has 0 radical (unpaired) electrons. The van der Waals surface area contributed by atoms with Crippen LogP contribution in [0.2, 0.25) is 0 Å². The number of carbonyl (C=O) groups is 1. The van der Waals surface area contributed by atoms with E-state index in [9.17, 15) is 9.90 Å². The van der Waals surface area contributed by atoms with Gasteiger partial charge in [0.15, 0.2) is 0 Å². The zero-order chi connectivity index (χ0) is 11.5. The number of carbonyl (C=O) groups excluding carboxylic acids is 1. The molecule has 0 aliphatic rings. The summed E-state index contributed by atoms with van der Waals surface area (Å²) in [5, 5.41) is 10.1. The third-order valence-electron chi connectivity index (χ3n) is 2.70. The first-order valence-corrected chi connectivity index (χ1v) is 5.03. The fourth-order valence-corrected chi connectivity index (χ4v) is 1.48. The molecule has 0 aromatic heterocycles. The number of hydrogen-bond acceptors (Lipinski definition) is 2. The summed E-state index contributed by atoms with van der Waals surface area (Å²) in [6, 6.07) is 9.38. The molecule has 3 nitrogen and oxygen atoms in total. The fraction of sp³-hybridized carbons (Fsp3) is 0.417. The van der Waals surface area contributed by atoms with Gasteiger partial charge in [-0.15, -0.1) is 0 Å². The first kappa shape index (κ1) is 11.7. The van der Waals surface area contributed by atoms with E-state index < -0.39 is 11.5 Å². The molecule has 0 bridgehead atoms. The monoisotopic (exact) mass is 207 g/mol. The van der Waals surface area contributed by atoms with Crippen LogP contribution in [-0.2, 0) is 11.2 Å². The van der Waals surface area contributed by atoms with E-state index in [0.29, 0.717) is 0 Å². The van der Waals surface area contributed by atoms with Crippen molar-refractivity contribution in [2.75, 3.05) is 0 Å². The minimum atomic E-state index is -1.46. The zero-order valence-corrected chi connectivity index (χ0v) is 9.10. The standard InChI is InChI=1S/C12H17NO2/c1-9(2)12(15,11(13)14)8-10-6-4-3-5-7-10/h3-7,9,15H,8H2,1-2H3,(H2,13,14)/t12-/m1/s1. The zero-order valence-electron chi connectivity index (χ0n) is 9.10. The molecule has 15 heavy (non-hydrogen) atoms. The Kier molecular flexibility index (Phi) is 3.48. The smallest absolute Gasteiger partial charge is 0.250 e. The molecule has 0 aliphatic heterocycles. The molecule has 0 unspecified atom stereocenters. The number of benzene rings is 1. The molecule has 82 valence electrons. The van der Waals surface area contributed by atoms with Crippen molar-refractivity contribution in [3.05, 3.63) is 35.9 Å². The molecule has 1 aromatic rings. The normalized spacial score (nSPS) is 14.9. The minimum absolute atomic E-state index is 0.199. The Labute approximate surface area is 89.9 Å². The van der Waals surface area contributed by atoms with Crippen LogP contribution in [-0.4, -0.2) is 16.6 Å². The van der Waals surface area contributed by atoms with Crippen molar-refractivity contribution in [3.8, 4) is 0 Å². The molecule has 1 atom stereocenters. The van der Waals surface area contributed by atoms with E-state index in [1.54, 1.807) is 13.8 Å². The van der Waals surface area contributed by atoms with Gasteiger partial charge in [-0.1, -0.05) is 44.2 Å². The molecule has 0 aliphatic carbocycles. The van der Waals surface area contributed by atoms with Gasteiger partial charge in [-0.25, -0.2) is 0 Å². The van der Waals surface area contributed by atoms with Gasteiger partial charge in [0.25, 0.3) is 0 Å². The summed E-state index contributed by atoms with van der Waals surface area (Å²) in [5.41, 5.74) is 4.68. The van der Waals surface area contributed by atoms with E-state index >= 15 is 0 Å². The highest BCUT2D eigenvalue weighted by Gasteiger charge is 2.37. The lowest BCUT2D eigenvalue weighted by Gasteiger charge is -2.28. The van der Waals surface area contributed by atoms with E-state index in [-0.39, 0.29) is 12.3 Å². The Balaban J connectivity index is 2.90. The summed E-state index contributed by atoms with van der Waals surface area (Å²) in [4.78, 5) is 11.2. The first-order valence-electron chi connectivity index (χ1n) is 5.03. The van der Waals surface area contributed by atoms with Crippen LogP contribution >= 0.6 is 0 Å². The van der Waals surface area contributed by atoms with Crippen molar-refractivity contribution in [2.45, 2.75) is 25.9 Å². The molecule has 0 saturated heterocycles. The largest absolute Gasteiger partial charge is 0.379 e. The van der Waals surface area contributed by atoms with Gasteiger partial charge in [-0.2, -0.15) is 0 Å². The highest BCUT2D eigenvalue weighted by atomic mass is 16.3. The molecule has 1 aromatic carbocycles.